The summed E-state index contributed by atoms with van der Waals surface area (Å²) >= 11 is 0. The lowest BCUT2D eigenvalue weighted by Crippen LogP contribution is -2.49. The highest BCUT2D eigenvalue weighted by atomic mass is 16.3. The van der Waals surface area contributed by atoms with E-state index in [4.69, 9.17) is 5.11 Å². The molecule has 2 aromatic rings. The number of aliphatic imine (C=N–C) groups is 1. The molecule has 1 saturated heterocycles. The van der Waals surface area contributed by atoms with Crippen molar-refractivity contribution in [2.75, 3.05) is 31.1 Å². The Balaban J connectivity index is 1.49. The van der Waals surface area contributed by atoms with E-state index in [1.54, 1.807) is 7.05 Å². The van der Waals surface area contributed by atoms with E-state index in [1.807, 2.05) is 24.3 Å². The van der Waals surface area contributed by atoms with Crippen LogP contribution in [0.2, 0.25) is 0 Å². The van der Waals surface area contributed by atoms with Gasteiger partial charge in [0.05, 0.1) is 12.2 Å². The van der Waals surface area contributed by atoms with Crippen LogP contribution in [-0.4, -0.2) is 51.2 Å². The minimum atomic E-state index is -0.347. The van der Waals surface area contributed by atoms with Crippen LogP contribution in [0.15, 0.2) is 38.8 Å². The molecule has 2 aliphatic rings. The van der Waals surface area contributed by atoms with Crippen molar-refractivity contribution in [3.05, 3.63) is 56.2 Å². The van der Waals surface area contributed by atoms with E-state index >= 15 is 0 Å². The van der Waals surface area contributed by atoms with Gasteiger partial charge in [0.1, 0.15) is 11.7 Å². The molecule has 1 fully saturated rings. The van der Waals surface area contributed by atoms with Crippen molar-refractivity contribution in [1.29, 1.82) is 0 Å². The molecule has 27 heavy (non-hydrogen) atoms. The fourth-order valence-corrected chi connectivity index (χ4v) is 3.74. The van der Waals surface area contributed by atoms with E-state index in [1.165, 1.54) is 11.6 Å². The third kappa shape index (κ3) is 2.95. The number of hydrogen-bond acceptors (Lipinski definition) is 6. The number of fused-ring (bicyclic) bond motifs is 1. The van der Waals surface area contributed by atoms with Gasteiger partial charge in [0.2, 0.25) is 0 Å². The summed E-state index contributed by atoms with van der Waals surface area (Å²) in [5.74, 6) is 1.35. The molecule has 4 rings (SSSR count). The highest BCUT2D eigenvalue weighted by Gasteiger charge is 2.28. The molecule has 0 saturated carbocycles. The molecule has 8 heteroatoms. The van der Waals surface area contributed by atoms with Crippen LogP contribution < -0.4 is 16.1 Å². The summed E-state index contributed by atoms with van der Waals surface area (Å²) in [5.41, 5.74) is 2.04. The number of rotatable bonds is 2. The lowest BCUT2D eigenvalue weighted by molar-refractivity contribution is 0.282. The first-order chi connectivity index (χ1) is 13.0. The molecule has 0 aliphatic carbocycles. The summed E-state index contributed by atoms with van der Waals surface area (Å²) in [6, 6.07) is 7.94. The molecule has 0 unspecified atom stereocenters. The molecule has 3 heterocycles. The molecule has 2 aliphatic heterocycles. The van der Waals surface area contributed by atoms with Crippen molar-refractivity contribution in [3.8, 4) is 0 Å². The number of anilines is 1. The van der Waals surface area contributed by atoms with Crippen molar-refractivity contribution in [2.45, 2.75) is 13.0 Å². The standard InChI is InChI=1S/C19H23N5O3/c1-21-17-15(18(26)22(2)19(21)27)11-16(20-17)24-9-7-23(8-10-24)14-5-3-13(12-25)4-6-14/h3-6,25H,7-12H2,1-2H3. The summed E-state index contributed by atoms with van der Waals surface area (Å²) in [6.45, 7) is 3.37. The molecular formula is C19H23N5O3. The minimum absolute atomic E-state index is 0.0520. The third-order valence-corrected chi connectivity index (χ3v) is 5.42. The van der Waals surface area contributed by atoms with Crippen LogP contribution in [-0.2, 0) is 27.1 Å². The molecule has 8 nitrogen and oxygen atoms in total. The number of aliphatic hydroxyl groups is 1. The van der Waals surface area contributed by atoms with Crippen molar-refractivity contribution >= 4 is 17.3 Å². The number of aromatic nitrogens is 2. The zero-order valence-corrected chi connectivity index (χ0v) is 15.6. The second-order valence-electron chi connectivity index (χ2n) is 7.01. The average Bonchev–Trinajstić information content (AvgIpc) is 3.16. The molecule has 142 valence electrons. The summed E-state index contributed by atoms with van der Waals surface area (Å²) < 4.78 is 2.59. The Labute approximate surface area is 156 Å². The van der Waals surface area contributed by atoms with Gasteiger partial charge in [-0.3, -0.25) is 13.9 Å². The molecular weight excluding hydrogens is 346 g/mol. The van der Waals surface area contributed by atoms with E-state index in [9.17, 15) is 9.59 Å². The highest BCUT2D eigenvalue weighted by molar-refractivity contribution is 5.91. The topological polar surface area (TPSA) is 83.1 Å². The first kappa shape index (κ1) is 17.5. The predicted molar refractivity (Wildman–Crippen MR) is 104 cm³/mol. The zero-order valence-electron chi connectivity index (χ0n) is 15.6. The van der Waals surface area contributed by atoms with E-state index in [0.29, 0.717) is 17.8 Å². The molecule has 1 aromatic carbocycles. The summed E-state index contributed by atoms with van der Waals surface area (Å²) in [5, 5.41) is 9.16. The number of hydrogen-bond donors (Lipinski definition) is 1. The Bertz CT molecular complexity index is 1010. The Hall–Kier alpha value is -2.87. The number of nitrogens with zero attached hydrogens (tertiary/aromatic N) is 5. The van der Waals surface area contributed by atoms with Gasteiger partial charge in [-0.25, -0.2) is 9.79 Å². The molecule has 0 spiro atoms. The third-order valence-electron chi connectivity index (χ3n) is 5.42. The predicted octanol–water partition coefficient (Wildman–Crippen LogP) is -0.0154. The van der Waals surface area contributed by atoms with Gasteiger partial charge >= 0.3 is 5.69 Å². The van der Waals surface area contributed by atoms with Crippen LogP contribution in [0.3, 0.4) is 0 Å². The second kappa shape index (κ2) is 6.70. The van der Waals surface area contributed by atoms with Crippen LogP contribution >= 0.6 is 0 Å². The van der Waals surface area contributed by atoms with E-state index in [0.717, 1.165) is 47.8 Å². The van der Waals surface area contributed by atoms with Gasteiger partial charge < -0.3 is 14.9 Å². The molecule has 0 bridgehead atoms. The molecule has 1 aromatic heterocycles. The van der Waals surface area contributed by atoms with Crippen molar-refractivity contribution in [3.63, 3.8) is 0 Å². The van der Waals surface area contributed by atoms with Gasteiger partial charge in [-0.2, -0.15) is 0 Å². The average molecular weight is 369 g/mol. The van der Waals surface area contributed by atoms with Gasteiger partial charge in [0.25, 0.3) is 5.56 Å². The highest BCUT2D eigenvalue weighted by Crippen LogP contribution is 2.24. The second-order valence-corrected chi connectivity index (χ2v) is 7.01. The quantitative estimate of drug-likeness (QED) is 0.805. The van der Waals surface area contributed by atoms with Gasteiger partial charge in [-0.1, -0.05) is 12.1 Å². The summed E-state index contributed by atoms with van der Waals surface area (Å²) in [7, 11) is 3.16. The number of aliphatic hydroxyl groups excluding tert-OH is 1. The fraction of sp³-hybridized carbons (Fsp3) is 0.421. The normalized spacial score (nSPS) is 16.5. The fourth-order valence-electron chi connectivity index (χ4n) is 3.74. The summed E-state index contributed by atoms with van der Waals surface area (Å²) in [6.07, 6.45) is 0.474. The van der Waals surface area contributed by atoms with Crippen molar-refractivity contribution < 1.29 is 5.11 Å². The number of amidine groups is 1. The van der Waals surface area contributed by atoms with Gasteiger partial charge in [-0.05, 0) is 17.7 Å². The van der Waals surface area contributed by atoms with Crippen LogP contribution in [0, 0.1) is 0 Å². The SMILES string of the molecule is Cn1c2c(c(=O)n(C)c1=O)CC(N1CCN(c3ccc(CO)cc3)CC1)=N2. The molecule has 1 N–H and O–H groups in total. The maximum Gasteiger partial charge on any atom is 0.332 e. The largest absolute Gasteiger partial charge is 0.392 e. The first-order valence-electron chi connectivity index (χ1n) is 9.05. The monoisotopic (exact) mass is 369 g/mol. The van der Waals surface area contributed by atoms with Gasteiger partial charge in [-0.15, -0.1) is 0 Å². The van der Waals surface area contributed by atoms with Crippen LogP contribution in [0.4, 0.5) is 11.5 Å². The summed E-state index contributed by atoms with van der Waals surface area (Å²) in [4.78, 5) is 33.6. The van der Waals surface area contributed by atoms with Gasteiger partial charge in [0, 0.05) is 52.4 Å². The lowest BCUT2D eigenvalue weighted by Gasteiger charge is -2.37. The Morgan fingerprint density at radius 2 is 1.59 bits per heavy atom. The van der Waals surface area contributed by atoms with Crippen LogP contribution in [0.5, 0.6) is 0 Å². The smallest absolute Gasteiger partial charge is 0.332 e. The molecule has 0 radical (unpaired) electrons. The zero-order chi connectivity index (χ0) is 19.1. The maximum absolute atomic E-state index is 12.4. The lowest BCUT2D eigenvalue weighted by atomic mass is 10.1. The Morgan fingerprint density at radius 1 is 0.963 bits per heavy atom. The van der Waals surface area contributed by atoms with Crippen molar-refractivity contribution in [2.24, 2.45) is 19.1 Å². The number of piperazine rings is 1. The van der Waals surface area contributed by atoms with E-state index in [-0.39, 0.29) is 17.9 Å². The molecule has 0 atom stereocenters. The first-order valence-corrected chi connectivity index (χ1v) is 9.05. The van der Waals surface area contributed by atoms with E-state index in [2.05, 4.69) is 14.8 Å². The number of benzene rings is 1. The Kier molecular flexibility index (Phi) is 4.35. The molecule has 0 amide bonds. The minimum Gasteiger partial charge on any atom is -0.392 e. The van der Waals surface area contributed by atoms with Crippen LogP contribution in [0.1, 0.15) is 11.1 Å². The van der Waals surface area contributed by atoms with E-state index < -0.39 is 0 Å². The van der Waals surface area contributed by atoms with Crippen LogP contribution in [0.25, 0.3) is 0 Å². The van der Waals surface area contributed by atoms with Gasteiger partial charge in [0.15, 0.2) is 0 Å². The van der Waals surface area contributed by atoms with Crippen molar-refractivity contribution in [1.82, 2.24) is 14.0 Å². The Morgan fingerprint density at radius 3 is 2.22 bits per heavy atom. The maximum atomic E-state index is 12.4.